The first-order valence-electron chi connectivity index (χ1n) is 8.77. The molecule has 25 heavy (non-hydrogen) atoms. The third-order valence-electron chi connectivity index (χ3n) is 4.59. The highest BCUT2D eigenvalue weighted by molar-refractivity contribution is 5.68. The molecule has 0 atom stereocenters. The summed E-state index contributed by atoms with van der Waals surface area (Å²) < 4.78 is 5.97. The minimum absolute atomic E-state index is 0.429. The van der Waals surface area contributed by atoms with Crippen LogP contribution >= 0.6 is 0 Å². The zero-order valence-electron chi connectivity index (χ0n) is 14.4. The van der Waals surface area contributed by atoms with E-state index in [1.165, 1.54) is 29.7 Å². The van der Waals surface area contributed by atoms with Crippen molar-refractivity contribution < 1.29 is 4.74 Å². The van der Waals surface area contributed by atoms with Crippen molar-refractivity contribution >= 4 is 0 Å². The van der Waals surface area contributed by atoms with Crippen molar-refractivity contribution in [2.24, 2.45) is 0 Å². The molecule has 0 bridgehead atoms. The van der Waals surface area contributed by atoms with Crippen LogP contribution in [-0.4, -0.2) is 15.0 Å². The second-order valence-corrected chi connectivity index (χ2v) is 6.50. The molecule has 126 valence electrons. The van der Waals surface area contributed by atoms with Crippen LogP contribution in [0.25, 0.3) is 11.1 Å². The number of fused-ring (bicyclic) bond motifs is 1. The number of nitrogens with zero attached hydrogens (tertiary/aromatic N) is 3. The van der Waals surface area contributed by atoms with E-state index < -0.39 is 0 Å². The number of aryl methyl sites for hydroxylation is 2. The number of pyridine rings is 3. The molecule has 0 N–H and O–H groups in total. The van der Waals surface area contributed by atoms with Gasteiger partial charge in [-0.3, -0.25) is 9.97 Å². The number of rotatable bonds is 4. The maximum Gasteiger partial charge on any atom is 0.214 e. The van der Waals surface area contributed by atoms with Crippen LogP contribution in [0.1, 0.15) is 35.4 Å². The maximum absolute atomic E-state index is 5.97. The first-order chi connectivity index (χ1) is 12.3. The van der Waals surface area contributed by atoms with Gasteiger partial charge in [-0.2, -0.15) is 0 Å². The van der Waals surface area contributed by atoms with Crippen LogP contribution in [0.4, 0.5) is 0 Å². The Hall–Kier alpha value is -2.75. The summed E-state index contributed by atoms with van der Waals surface area (Å²) in [6.45, 7) is 2.46. The minimum Gasteiger partial charge on any atom is -0.471 e. The van der Waals surface area contributed by atoms with Crippen LogP contribution < -0.4 is 4.74 Å². The molecule has 0 radical (unpaired) electrons. The van der Waals surface area contributed by atoms with Gasteiger partial charge in [-0.25, -0.2) is 4.98 Å². The minimum atomic E-state index is 0.429. The Morgan fingerprint density at radius 3 is 2.80 bits per heavy atom. The van der Waals surface area contributed by atoms with E-state index in [9.17, 15) is 0 Å². The van der Waals surface area contributed by atoms with E-state index in [-0.39, 0.29) is 0 Å². The zero-order chi connectivity index (χ0) is 17.1. The highest BCUT2D eigenvalue weighted by Crippen LogP contribution is 2.33. The quantitative estimate of drug-likeness (QED) is 0.715. The number of ether oxygens (including phenoxy) is 1. The molecule has 4 heteroatoms. The van der Waals surface area contributed by atoms with Crippen LogP contribution in [0, 0.1) is 6.92 Å². The molecule has 4 rings (SSSR count). The summed E-state index contributed by atoms with van der Waals surface area (Å²) in [5.41, 5.74) is 6.90. The standard InChI is InChI=1S/C21H21N3O/c1-15-8-9-17(23-12-15)14-25-21-11-19(16-5-4-10-22-13-16)18-6-2-3-7-20(18)24-21/h4-5,8-13H,2-3,6-7,14H2,1H3. The van der Waals surface area contributed by atoms with E-state index in [4.69, 9.17) is 9.72 Å². The van der Waals surface area contributed by atoms with Crippen LogP contribution in [0.15, 0.2) is 48.9 Å². The highest BCUT2D eigenvalue weighted by Gasteiger charge is 2.18. The molecule has 1 aliphatic rings. The fourth-order valence-electron chi connectivity index (χ4n) is 3.26. The third kappa shape index (κ3) is 3.53. The van der Waals surface area contributed by atoms with Crippen LogP contribution in [0.2, 0.25) is 0 Å². The fraction of sp³-hybridized carbons (Fsp3) is 0.286. The van der Waals surface area contributed by atoms with Gasteiger partial charge < -0.3 is 4.74 Å². The molecule has 0 saturated heterocycles. The predicted octanol–water partition coefficient (Wildman–Crippen LogP) is 4.30. The smallest absolute Gasteiger partial charge is 0.214 e. The first-order valence-corrected chi connectivity index (χ1v) is 8.77. The van der Waals surface area contributed by atoms with Crippen molar-refractivity contribution in [3.05, 3.63) is 71.4 Å². The van der Waals surface area contributed by atoms with Gasteiger partial charge in [0.2, 0.25) is 5.88 Å². The molecule has 3 heterocycles. The Morgan fingerprint density at radius 2 is 2.00 bits per heavy atom. The number of hydrogen-bond donors (Lipinski definition) is 0. The summed E-state index contributed by atoms with van der Waals surface area (Å²) in [6, 6.07) is 10.2. The topological polar surface area (TPSA) is 47.9 Å². The molecular formula is C21H21N3O. The van der Waals surface area contributed by atoms with Crippen molar-refractivity contribution in [2.45, 2.75) is 39.2 Å². The van der Waals surface area contributed by atoms with Gasteiger partial charge in [-0.05, 0) is 61.4 Å². The molecule has 0 saturated carbocycles. The van der Waals surface area contributed by atoms with Gasteiger partial charge >= 0.3 is 0 Å². The molecule has 1 aliphatic carbocycles. The Balaban J connectivity index is 1.65. The van der Waals surface area contributed by atoms with Crippen LogP contribution in [0.5, 0.6) is 5.88 Å². The summed E-state index contributed by atoms with van der Waals surface area (Å²) in [5, 5.41) is 0. The summed E-state index contributed by atoms with van der Waals surface area (Å²) >= 11 is 0. The van der Waals surface area contributed by atoms with E-state index in [1.807, 2.05) is 37.5 Å². The fourth-order valence-corrected chi connectivity index (χ4v) is 3.26. The van der Waals surface area contributed by atoms with Gasteiger partial charge in [-0.1, -0.05) is 12.1 Å². The maximum atomic E-state index is 5.97. The molecule has 3 aromatic heterocycles. The van der Waals surface area contributed by atoms with E-state index in [1.54, 1.807) is 6.20 Å². The Labute approximate surface area is 148 Å². The summed E-state index contributed by atoms with van der Waals surface area (Å²) in [4.78, 5) is 13.4. The highest BCUT2D eigenvalue weighted by atomic mass is 16.5. The van der Waals surface area contributed by atoms with E-state index in [2.05, 4.69) is 22.1 Å². The second-order valence-electron chi connectivity index (χ2n) is 6.50. The van der Waals surface area contributed by atoms with E-state index in [0.29, 0.717) is 12.5 Å². The predicted molar refractivity (Wildman–Crippen MR) is 97.4 cm³/mol. The Bertz CT molecular complexity index is 860. The largest absolute Gasteiger partial charge is 0.471 e. The molecular weight excluding hydrogens is 310 g/mol. The average molecular weight is 331 g/mol. The lowest BCUT2D eigenvalue weighted by atomic mass is 9.90. The van der Waals surface area contributed by atoms with Crippen molar-refractivity contribution in [1.82, 2.24) is 15.0 Å². The normalized spacial score (nSPS) is 13.3. The summed E-state index contributed by atoms with van der Waals surface area (Å²) in [7, 11) is 0. The van der Waals surface area contributed by atoms with Crippen molar-refractivity contribution in [3.8, 4) is 17.0 Å². The molecule has 0 aromatic carbocycles. The first kappa shape index (κ1) is 15.8. The Morgan fingerprint density at radius 1 is 1.08 bits per heavy atom. The van der Waals surface area contributed by atoms with Gasteiger partial charge in [0.25, 0.3) is 0 Å². The lowest BCUT2D eigenvalue weighted by Gasteiger charge is -2.20. The SMILES string of the molecule is Cc1ccc(COc2cc(-c3cccnc3)c3c(n2)CCCC3)nc1. The van der Waals surface area contributed by atoms with Crippen LogP contribution in [-0.2, 0) is 19.4 Å². The van der Waals surface area contributed by atoms with E-state index >= 15 is 0 Å². The van der Waals surface area contributed by atoms with Crippen molar-refractivity contribution in [1.29, 1.82) is 0 Å². The molecule has 0 amide bonds. The summed E-state index contributed by atoms with van der Waals surface area (Å²) in [5.74, 6) is 0.668. The number of aromatic nitrogens is 3. The van der Waals surface area contributed by atoms with Gasteiger partial charge in [-0.15, -0.1) is 0 Å². The van der Waals surface area contributed by atoms with Crippen LogP contribution in [0.3, 0.4) is 0 Å². The molecule has 0 fully saturated rings. The van der Waals surface area contributed by atoms with E-state index in [0.717, 1.165) is 29.7 Å². The van der Waals surface area contributed by atoms with Crippen molar-refractivity contribution in [3.63, 3.8) is 0 Å². The van der Waals surface area contributed by atoms with Crippen molar-refractivity contribution in [2.75, 3.05) is 0 Å². The number of hydrogen-bond acceptors (Lipinski definition) is 4. The lowest BCUT2D eigenvalue weighted by Crippen LogP contribution is -2.09. The molecule has 4 nitrogen and oxygen atoms in total. The monoisotopic (exact) mass is 331 g/mol. The summed E-state index contributed by atoms with van der Waals surface area (Å²) in [6.07, 6.45) is 10.1. The van der Waals surface area contributed by atoms with Gasteiger partial charge in [0, 0.05) is 35.9 Å². The van der Waals surface area contributed by atoms with Gasteiger partial charge in [0.05, 0.1) is 5.69 Å². The van der Waals surface area contributed by atoms with Gasteiger partial charge in [0.15, 0.2) is 0 Å². The third-order valence-corrected chi connectivity index (χ3v) is 4.59. The molecule has 3 aromatic rings. The lowest BCUT2D eigenvalue weighted by molar-refractivity contribution is 0.288. The molecule has 0 unspecified atom stereocenters. The molecule has 0 spiro atoms. The zero-order valence-corrected chi connectivity index (χ0v) is 14.4. The Kier molecular flexibility index (Phi) is 4.42. The second kappa shape index (κ2) is 7.01. The average Bonchev–Trinajstić information content (AvgIpc) is 2.67. The van der Waals surface area contributed by atoms with Gasteiger partial charge in [0.1, 0.15) is 6.61 Å². The molecule has 0 aliphatic heterocycles.